The molecule has 0 bridgehead atoms. The number of aromatic nitrogens is 2. The maximum atomic E-state index is 11.5. The minimum Gasteiger partial charge on any atom is -0.476 e. The lowest BCUT2D eigenvalue weighted by molar-refractivity contribution is 0.0677. The Kier molecular flexibility index (Phi) is 3.39. The highest BCUT2D eigenvalue weighted by Gasteiger charge is 2.26. The second kappa shape index (κ2) is 5.34. The number of benzene rings is 1. The first kappa shape index (κ1) is 12.7. The van der Waals surface area contributed by atoms with E-state index in [1.54, 1.807) is 16.8 Å². The fourth-order valence-electron chi connectivity index (χ4n) is 2.37. The van der Waals surface area contributed by atoms with Crippen LogP contribution in [0.3, 0.4) is 0 Å². The van der Waals surface area contributed by atoms with Crippen LogP contribution in [-0.2, 0) is 0 Å². The predicted octanol–water partition coefficient (Wildman–Crippen LogP) is 1.91. The molecule has 3 rings (SSSR count). The summed E-state index contributed by atoms with van der Waals surface area (Å²) < 4.78 is 7.17. The van der Waals surface area contributed by atoms with Crippen LogP contribution in [0.1, 0.15) is 23.0 Å². The smallest absolute Gasteiger partial charge is 0.358 e. The van der Waals surface area contributed by atoms with Crippen molar-refractivity contribution in [3.05, 3.63) is 42.2 Å². The Morgan fingerprint density at radius 1 is 1.40 bits per heavy atom. The summed E-state index contributed by atoms with van der Waals surface area (Å²) in [6, 6.07) is 9.16. The summed E-state index contributed by atoms with van der Waals surface area (Å²) in [4.78, 5) is 11.5. The Morgan fingerprint density at radius 2 is 2.20 bits per heavy atom. The lowest BCUT2D eigenvalue weighted by atomic mass is 10.2. The summed E-state index contributed by atoms with van der Waals surface area (Å²) in [5.41, 5.74) is 0.0996. The molecule has 0 saturated carbocycles. The van der Waals surface area contributed by atoms with Crippen molar-refractivity contribution in [2.75, 3.05) is 13.1 Å². The molecule has 1 aliphatic rings. The van der Waals surface area contributed by atoms with E-state index in [9.17, 15) is 9.90 Å². The van der Waals surface area contributed by atoms with Gasteiger partial charge in [-0.05, 0) is 25.1 Å². The van der Waals surface area contributed by atoms with Crippen molar-refractivity contribution in [2.45, 2.75) is 12.5 Å². The van der Waals surface area contributed by atoms with Gasteiger partial charge in [-0.2, -0.15) is 5.10 Å². The minimum atomic E-state index is -1.03. The molecule has 1 aliphatic heterocycles. The summed E-state index contributed by atoms with van der Waals surface area (Å²) >= 11 is 0. The summed E-state index contributed by atoms with van der Waals surface area (Å²) in [6.07, 6.45) is 2.33. The molecule has 1 atom stereocenters. The molecule has 1 unspecified atom stereocenters. The standard InChI is InChI=1S/C14H15N3O3/c18-14(19)13-12(20-11-4-2-1-3-5-11)9-16-17(13)10-6-7-15-8-10/h1-5,9-10,15H,6-8H2,(H,18,19). The number of aromatic carboxylic acids is 1. The third-order valence-corrected chi connectivity index (χ3v) is 3.32. The van der Waals surface area contributed by atoms with Crippen molar-refractivity contribution >= 4 is 5.97 Å². The summed E-state index contributed by atoms with van der Waals surface area (Å²) in [7, 11) is 0. The molecular weight excluding hydrogens is 258 g/mol. The number of nitrogens with one attached hydrogen (secondary N) is 1. The first-order chi connectivity index (χ1) is 9.75. The Labute approximate surface area is 116 Å². The number of carboxylic acids is 1. The lowest BCUT2D eigenvalue weighted by Crippen LogP contribution is -2.19. The molecule has 2 N–H and O–H groups in total. The van der Waals surface area contributed by atoms with Crippen LogP contribution >= 0.6 is 0 Å². The minimum absolute atomic E-state index is 0.0641. The van der Waals surface area contributed by atoms with Gasteiger partial charge in [0.1, 0.15) is 5.75 Å². The molecular formula is C14H15N3O3. The molecule has 1 aromatic heterocycles. The summed E-state index contributed by atoms with van der Waals surface area (Å²) in [5, 5.41) is 16.8. The van der Waals surface area contributed by atoms with Crippen LogP contribution in [0.4, 0.5) is 0 Å². The van der Waals surface area contributed by atoms with Gasteiger partial charge in [0.05, 0.1) is 12.2 Å². The van der Waals surface area contributed by atoms with Crippen molar-refractivity contribution in [3.8, 4) is 11.5 Å². The topological polar surface area (TPSA) is 76.4 Å². The monoisotopic (exact) mass is 273 g/mol. The van der Waals surface area contributed by atoms with Gasteiger partial charge in [-0.15, -0.1) is 0 Å². The third-order valence-electron chi connectivity index (χ3n) is 3.32. The molecule has 0 radical (unpaired) electrons. The second-order valence-electron chi connectivity index (χ2n) is 4.67. The van der Waals surface area contributed by atoms with Crippen LogP contribution in [0, 0.1) is 0 Å². The van der Waals surface area contributed by atoms with E-state index in [0.717, 1.165) is 19.5 Å². The van der Waals surface area contributed by atoms with E-state index >= 15 is 0 Å². The van der Waals surface area contributed by atoms with Gasteiger partial charge >= 0.3 is 5.97 Å². The number of carbonyl (C=O) groups is 1. The maximum absolute atomic E-state index is 11.5. The molecule has 0 amide bonds. The normalized spacial score (nSPS) is 18.1. The first-order valence-corrected chi connectivity index (χ1v) is 6.50. The number of hydrogen-bond acceptors (Lipinski definition) is 4. The fourth-order valence-corrected chi connectivity index (χ4v) is 2.37. The number of hydrogen-bond donors (Lipinski definition) is 2. The average Bonchev–Trinajstić information content (AvgIpc) is 3.08. The quantitative estimate of drug-likeness (QED) is 0.889. The van der Waals surface area contributed by atoms with Gasteiger partial charge in [0.2, 0.25) is 0 Å². The van der Waals surface area contributed by atoms with Crippen molar-refractivity contribution in [1.82, 2.24) is 15.1 Å². The van der Waals surface area contributed by atoms with Gasteiger partial charge < -0.3 is 15.2 Å². The fraction of sp³-hybridized carbons (Fsp3) is 0.286. The zero-order valence-electron chi connectivity index (χ0n) is 10.8. The molecule has 2 heterocycles. The number of para-hydroxylation sites is 1. The van der Waals surface area contributed by atoms with Crippen LogP contribution in [0.25, 0.3) is 0 Å². The van der Waals surface area contributed by atoms with Crippen molar-refractivity contribution in [1.29, 1.82) is 0 Å². The molecule has 1 fully saturated rings. The Bertz CT molecular complexity index is 603. The third kappa shape index (κ3) is 2.37. The van der Waals surface area contributed by atoms with E-state index in [-0.39, 0.29) is 17.5 Å². The van der Waals surface area contributed by atoms with Gasteiger partial charge in [0, 0.05) is 6.54 Å². The zero-order valence-corrected chi connectivity index (χ0v) is 10.8. The SMILES string of the molecule is O=C(O)c1c(Oc2ccccc2)cnn1C1CCNC1. The van der Waals surface area contributed by atoms with Crippen LogP contribution < -0.4 is 10.1 Å². The van der Waals surface area contributed by atoms with E-state index in [4.69, 9.17) is 4.74 Å². The average molecular weight is 273 g/mol. The summed E-state index contributed by atoms with van der Waals surface area (Å²) in [5.74, 6) is -0.157. The molecule has 2 aromatic rings. The van der Waals surface area contributed by atoms with Crippen LogP contribution in [-0.4, -0.2) is 33.9 Å². The molecule has 104 valence electrons. The van der Waals surface area contributed by atoms with E-state index in [1.165, 1.54) is 6.20 Å². The highest BCUT2D eigenvalue weighted by atomic mass is 16.5. The summed E-state index contributed by atoms with van der Waals surface area (Å²) in [6.45, 7) is 1.60. The van der Waals surface area contributed by atoms with E-state index < -0.39 is 5.97 Å². The van der Waals surface area contributed by atoms with Gasteiger partial charge in [0.25, 0.3) is 0 Å². The number of ether oxygens (including phenoxy) is 1. The van der Waals surface area contributed by atoms with Crippen molar-refractivity contribution in [2.24, 2.45) is 0 Å². The Balaban J connectivity index is 1.93. The number of nitrogens with zero attached hydrogens (tertiary/aromatic N) is 2. The van der Waals surface area contributed by atoms with Gasteiger partial charge in [0.15, 0.2) is 11.4 Å². The maximum Gasteiger partial charge on any atom is 0.358 e. The first-order valence-electron chi connectivity index (χ1n) is 6.50. The van der Waals surface area contributed by atoms with Gasteiger partial charge in [-0.3, -0.25) is 4.68 Å². The lowest BCUT2D eigenvalue weighted by Gasteiger charge is -2.12. The second-order valence-corrected chi connectivity index (χ2v) is 4.67. The molecule has 20 heavy (non-hydrogen) atoms. The molecule has 1 saturated heterocycles. The highest BCUT2D eigenvalue weighted by Crippen LogP contribution is 2.28. The van der Waals surface area contributed by atoms with E-state index in [2.05, 4.69) is 10.4 Å². The van der Waals surface area contributed by atoms with Crippen LogP contribution in [0.5, 0.6) is 11.5 Å². The zero-order chi connectivity index (χ0) is 13.9. The Morgan fingerprint density at radius 3 is 2.85 bits per heavy atom. The molecule has 0 spiro atoms. The largest absolute Gasteiger partial charge is 0.476 e. The van der Waals surface area contributed by atoms with E-state index in [0.29, 0.717) is 5.75 Å². The van der Waals surface area contributed by atoms with Crippen molar-refractivity contribution in [3.63, 3.8) is 0 Å². The van der Waals surface area contributed by atoms with Gasteiger partial charge in [-0.1, -0.05) is 18.2 Å². The van der Waals surface area contributed by atoms with Crippen molar-refractivity contribution < 1.29 is 14.6 Å². The molecule has 6 heteroatoms. The number of rotatable bonds is 4. The number of carboxylic acid groups (broad SMARTS) is 1. The molecule has 0 aliphatic carbocycles. The van der Waals surface area contributed by atoms with E-state index in [1.807, 2.05) is 18.2 Å². The van der Waals surface area contributed by atoms with Gasteiger partial charge in [-0.25, -0.2) is 4.79 Å². The highest BCUT2D eigenvalue weighted by molar-refractivity contribution is 5.89. The Hall–Kier alpha value is -2.34. The predicted molar refractivity (Wildman–Crippen MR) is 72.2 cm³/mol. The van der Waals surface area contributed by atoms with Crippen LogP contribution in [0.2, 0.25) is 0 Å². The molecule has 1 aromatic carbocycles. The van der Waals surface area contributed by atoms with Crippen LogP contribution in [0.15, 0.2) is 36.5 Å². The molecule has 6 nitrogen and oxygen atoms in total.